The number of benzene rings is 1. The standard InChI is InChI=1S/C13H12ClNOS/c1-8-3-4-9(2)10(7-8)15-13(16)11-5-6-12(14)17-11/h3-7H,1-2H3,(H,15,16). The van der Waals surface area contributed by atoms with Gasteiger partial charge in [0.15, 0.2) is 0 Å². The smallest absolute Gasteiger partial charge is 0.265 e. The van der Waals surface area contributed by atoms with Crippen molar-refractivity contribution in [3.63, 3.8) is 0 Å². The van der Waals surface area contributed by atoms with E-state index in [2.05, 4.69) is 5.32 Å². The number of aryl methyl sites for hydroxylation is 2. The number of halogens is 1. The van der Waals surface area contributed by atoms with Crippen LogP contribution in [0, 0.1) is 13.8 Å². The Bertz CT molecular complexity index is 562. The molecule has 0 unspecified atom stereocenters. The van der Waals surface area contributed by atoms with Crippen molar-refractivity contribution in [3.8, 4) is 0 Å². The number of amides is 1. The Balaban J connectivity index is 2.21. The number of nitrogens with one attached hydrogen (secondary N) is 1. The van der Waals surface area contributed by atoms with Crippen LogP contribution in [0.5, 0.6) is 0 Å². The van der Waals surface area contributed by atoms with E-state index < -0.39 is 0 Å². The van der Waals surface area contributed by atoms with Crippen molar-refractivity contribution in [2.45, 2.75) is 13.8 Å². The molecule has 0 saturated heterocycles. The molecular weight excluding hydrogens is 254 g/mol. The molecule has 88 valence electrons. The third-order valence-electron chi connectivity index (χ3n) is 2.44. The molecule has 0 aliphatic carbocycles. The first-order valence-electron chi connectivity index (χ1n) is 5.20. The monoisotopic (exact) mass is 265 g/mol. The highest BCUT2D eigenvalue weighted by Crippen LogP contribution is 2.23. The maximum Gasteiger partial charge on any atom is 0.265 e. The van der Waals surface area contributed by atoms with Crippen molar-refractivity contribution in [2.24, 2.45) is 0 Å². The average molecular weight is 266 g/mol. The largest absolute Gasteiger partial charge is 0.321 e. The first kappa shape index (κ1) is 12.1. The van der Waals surface area contributed by atoms with E-state index in [9.17, 15) is 4.79 Å². The van der Waals surface area contributed by atoms with Gasteiger partial charge in [-0.1, -0.05) is 23.7 Å². The summed E-state index contributed by atoms with van der Waals surface area (Å²) in [6, 6.07) is 9.43. The van der Waals surface area contributed by atoms with Crippen LogP contribution in [0.15, 0.2) is 30.3 Å². The Hall–Kier alpha value is -1.32. The van der Waals surface area contributed by atoms with Crippen molar-refractivity contribution in [2.75, 3.05) is 5.32 Å². The summed E-state index contributed by atoms with van der Waals surface area (Å²) in [7, 11) is 0. The molecule has 1 N–H and O–H groups in total. The molecule has 2 rings (SSSR count). The lowest BCUT2D eigenvalue weighted by Gasteiger charge is -2.08. The van der Waals surface area contributed by atoms with Gasteiger partial charge in [-0.3, -0.25) is 4.79 Å². The molecule has 1 aromatic heterocycles. The maximum atomic E-state index is 11.9. The Morgan fingerprint density at radius 2 is 2.00 bits per heavy atom. The van der Waals surface area contributed by atoms with Gasteiger partial charge in [0, 0.05) is 5.69 Å². The topological polar surface area (TPSA) is 29.1 Å². The number of thiophene rings is 1. The molecular formula is C13H12ClNOS. The molecule has 2 aromatic rings. The van der Waals surface area contributed by atoms with Crippen LogP contribution in [-0.4, -0.2) is 5.91 Å². The Morgan fingerprint density at radius 3 is 2.65 bits per heavy atom. The second kappa shape index (κ2) is 4.90. The van der Waals surface area contributed by atoms with Crippen molar-refractivity contribution >= 4 is 34.5 Å². The van der Waals surface area contributed by atoms with Gasteiger partial charge in [0.25, 0.3) is 5.91 Å². The highest BCUT2D eigenvalue weighted by Gasteiger charge is 2.10. The lowest BCUT2D eigenvalue weighted by atomic mass is 10.1. The highest BCUT2D eigenvalue weighted by molar-refractivity contribution is 7.18. The lowest BCUT2D eigenvalue weighted by Crippen LogP contribution is -2.11. The fourth-order valence-corrected chi connectivity index (χ4v) is 2.43. The minimum atomic E-state index is -0.115. The lowest BCUT2D eigenvalue weighted by molar-refractivity contribution is 0.103. The second-order valence-electron chi connectivity index (χ2n) is 3.88. The first-order chi connectivity index (χ1) is 8.06. The zero-order valence-corrected chi connectivity index (χ0v) is 11.2. The Labute approximate surface area is 109 Å². The molecule has 0 radical (unpaired) electrons. The van der Waals surface area contributed by atoms with Gasteiger partial charge in [-0.25, -0.2) is 0 Å². The van der Waals surface area contributed by atoms with Crippen LogP contribution < -0.4 is 5.32 Å². The van der Waals surface area contributed by atoms with Crippen LogP contribution in [0.25, 0.3) is 0 Å². The summed E-state index contributed by atoms with van der Waals surface area (Å²) in [5.41, 5.74) is 3.02. The Kier molecular flexibility index (Phi) is 3.50. The summed E-state index contributed by atoms with van der Waals surface area (Å²) < 4.78 is 0.621. The van der Waals surface area contributed by atoms with Crippen LogP contribution >= 0.6 is 22.9 Å². The molecule has 4 heteroatoms. The van der Waals surface area contributed by atoms with Gasteiger partial charge >= 0.3 is 0 Å². The van der Waals surface area contributed by atoms with E-state index >= 15 is 0 Å². The molecule has 0 bridgehead atoms. The van der Waals surface area contributed by atoms with Crippen LogP contribution in [0.4, 0.5) is 5.69 Å². The molecule has 17 heavy (non-hydrogen) atoms. The predicted octanol–water partition coefficient (Wildman–Crippen LogP) is 4.27. The van der Waals surface area contributed by atoms with E-state index in [-0.39, 0.29) is 5.91 Å². The number of carbonyl (C=O) groups excluding carboxylic acids is 1. The van der Waals surface area contributed by atoms with Crippen LogP contribution in [0.3, 0.4) is 0 Å². The number of hydrogen-bond donors (Lipinski definition) is 1. The number of carbonyl (C=O) groups is 1. The fourth-order valence-electron chi connectivity index (χ4n) is 1.49. The number of hydrogen-bond acceptors (Lipinski definition) is 2. The third-order valence-corrected chi connectivity index (χ3v) is 3.67. The van der Waals surface area contributed by atoms with Crippen molar-refractivity contribution < 1.29 is 4.79 Å². The molecule has 1 heterocycles. The normalized spacial score (nSPS) is 10.3. The van der Waals surface area contributed by atoms with E-state index in [0.717, 1.165) is 16.8 Å². The number of rotatable bonds is 2. The van der Waals surface area contributed by atoms with Gasteiger partial charge in [0.05, 0.1) is 9.21 Å². The minimum Gasteiger partial charge on any atom is -0.321 e. The van der Waals surface area contributed by atoms with Crippen molar-refractivity contribution in [3.05, 3.63) is 50.7 Å². The predicted molar refractivity (Wildman–Crippen MR) is 73.2 cm³/mol. The molecule has 1 aromatic carbocycles. The molecule has 1 amide bonds. The van der Waals surface area contributed by atoms with Gasteiger partial charge in [-0.15, -0.1) is 11.3 Å². The summed E-state index contributed by atoms with van der Waals surface area (Å²) in [5.74, 6) is -0.115. The molecule has 0 fully saturated rings. The molecule has 0 aliphatic rings. The van der Waals surface area contributed by atoms with E-state index in [1.807, 2.05) is 32.0 Å². The van der Waals surface area contributed by atoms with E-state index in [0.29, 0.717) is 9.21 Å². The fraction of sp³-hybridized carbons (Fsp3) is 0.154. The van der Waals surface area contributed by atoms with E-state index in [1.165, 1.54) is 11.3 Å². The molecule has 0 spiro atoms. The minimum absolute atomic E-state index is 0.115. The summed E-state index contributed by atoms with van der Waals surface area (Å²) in [6.45, 7) is 3.97. The molecule has 2 nitrogen and oxygen atoms in total. The zero-order valence-electron chi connectivity index (χ0n) is 9.58. The van der Waals surface area contributed by atoms with Crippen molar-refractivity contribution in [1.82, 2.24) is 0 Å². The Morgan fingerprint density at radius 1 is 1.24 bits per heavy atom. The van der Waals surface area contributed by atoms with Crippen LogP contribution in [0.2, 0.25) is 4.34 Å². The molecule has 0 aliphatic heterocycles. The zero-order chi connectivity index (χ0) is 12.4. The van der Waals surface area contributed by atoms with Gasteiger partial charge in [-0.2, -0.15) is 0 Å². The van der Waals surface area contributed by atoms with Crippen LogP contribution in [0.1, 0.15) is 20.8 Å². The molecule has 0 saturated carbocycles. The highest BCUT2D eigenvalue weighted by atomic mass is 35.5. The maximum absolute atomic E-state index is 11.9. The summed E-state index contributed by atoms with van der Waals surface area (Å²) in [5, 5.41) is 2.89. The second-order valence-corrected chi connectivity index (χ2v) is 5.59. The third kappa shape index (κ3) is 2.87. The van der Waals surface area contributed by atoms with Gasteiger partial charge in [0.2, 0.25) is 0 Å². The summed E-state index contributed by atoms with van der Waals surface area (Å²) >= 11 is 7.08. The summed E-state index contributed by atoms with van der Waals surface area (Å²) in [6.07, 6.45) is 0. The van der Waals surface area contributed by atoms with Gasteiger partial charge in [-0.05, 0) is 43.2 Å². The number of anilines is 1. The van der Waals surface area contributed by atoms with Gasteiger partial charge in [0.1, 0.15) is 0 Å². The van der Waals surface area contributed by atoms with Gasteiger partial charge < -0.3 is 5.32 Å². The van der Waals surface area contributed by atoms with E-state index in [4.69, 9.17) is 11.6 Å². The average Bonchev–Trinajstić information content (AvgIpc) is 2.70. The SMILES string of the molecule is Cc1ccc(C)c(NC(=O)c2ccc(Cl)s2)c1. The van der Waals surface area contributed by atoms with Crippen LogP contribution in [-0.2, 0) is 0 Å². The molecule has 0 atom stereocenters. The summed E-state index contributed by atoms with van der Waals surface area (Å²) in [4.78, 5) is 12.6. The van der Waals surface area contributed by atoms with Crippen molar-refractivity contribution in [1.29, 1.82) is 0 Å². The van der Waals surface area contributed by atoms with E-state index in [1.54, 1.807) is 12.1 Å². The first-order valence-corrected chi connectivity index (χ1v) is 6.39. The quantitative estimate of drug-likeness (QED) is 0.863.